The number of hydrogen-bond donors (Lipinski definition) is 1. The van der Waals surface area contributed by atoms with Gasteiger partial charge in [0.15, 0.2) is 0 Å². The fourth-order valence-electron chi connectivity index (χ4n) is 1.87. The Kier molecular flexibility index (Phi) is 5.25. The van der Waals surface area contributed by atoms with Crippen molar-refractivity contribution in [3.63, 3.8) is 0 Å². The molecule has 0 fully saturated rings. The van der Waals surface area contributed by atoms with Crippen molar-refractivity contribution in [1.29, 1.82) is 0 Å². The van der Waals surface area contributed by atoms with Crippen molar-refractivity contribution in [3.05, 3.63) is 63.4 Å². The van der Waals surface area contributed by atoms with Gasteiger partial charge in [-0.2, -0.15) is 0 Å². The van der Waals surface area contributed by atoms with Gasteiger partial charge < -0.3 is 10.5 Å². The number of nitrogens with two attached hydrogens (primary N) is 1. The maximum absolute atomic E-state index is 13.8. The summed E-state index contributed by atoms with van der Waals surface area (Å²) in [5.74, 6) is -1.72. The van der Waals surface area contributed by atoms with Crippen molar-refractivity contribution in [1.82, 2.24) is 0 Å². The van der Waals surface area contributed by atoms with Crippen LogP contribution in [0.5, 0.6) is 5.75 Å². The van der Waals surface area contributed by atoms with E-state index in [2.05, 4.69) is 15.9 Å². The lowest BCUT2D eigenvalue weighted by Gasteiger charge is -2.10. The first-order chi connectivity index (χ1) is 10.0. The molecule has 0 saturated heterocycles. The molecule has 6 heteroatoms. The average Bonchev–Trinajstić information content (AvgIpc) is 2.43. The summed E-state index contributed by atoms with van der Waals surface area (Å²) in [5, 5.41) is 0. The van der Waals surface area contributed by atoms with E-state index >= 15 is 0 Å². The van der Waals surface area contributed by atoms with E-state index in [0.717, 1.165) is 12.1 Å². The van der Waals surface area contributed by atoms with Crippen LogP contribution in [0.4, 0.5) is 13.2 Å². The minimum atomic E-state index is -0.728. The maximum Gasteiger partial charge on any atom is 0.146 e. The van der Waals surface area contributed by atoms with Crippen LogP contribution in [0.1, 0.15) is 11.1 Å². The van der Waals surface area contributed by atoms with Crippen LogP contribution in [0.25, 0.3) is 0 Å². The molecule has 2 rings (SSSR count). The minimum Gasteiger partial charge on any atom is -0.489 e. The number of ether oxygens (including phenoxy) is 1. The highest BCUT2D eigenvalue weighted by Crippen LogP contribution is 2.24. The van der Waals surface area contributed by atoms with Gasteiger partial charge in [0.25, 0.3) is 0 Å². The number of halogens is 4. The van der Waals surface area contributed by atoms with Crippen molar-refractivity contribution in [2.45, 2.75) is 13.0 Å². The third-order valence-electron chi connectivity index (χ3n) is 2.89. The van der Waals surface area contributed by atoms with Gasteiger partial charge in [-0.1, -0.05) is 0 Å². The Morgan fingerprint density at radius 1 is 1.10 bits per heavy atom. The second-order valence-electron chi connectivity index (χ2n) is 4.44. The molecule has 21 heavy (non-hydrogen) atoms. The Morgan fingerprint density at radius 2 is 1.86 bits per heavy atom. The van der Waals surface area contributed by atoms with Crippen molar-refractivity contribution in [2.75, 3.05) is 6.54 Å². The lowest BCUT2D eigenvalue weighted by Crippen LogP contribution is -2.05. The Morgan fingerprint density at radius 3 is 2.57 bits per heavy atom. The van der Waals surface area contributed by atoms with Gasteiger partial charge in [-0.3, -0.25) is 0 Å². The lowest BCUT2D eigenvalue weighted by molar-refractivity contribution is 0.290. The molecule has 0 amide bonds. The van der Waals surface area contributed by atoms with Crippen LogP contribution in [0.3, 0.4) is 0 Å². The second-order valence-corrected chi connectivity index (χ2v) is 5.30. The van der Waals surface area contributed by atoms with Gasteiger partial charge >= 0.3 is 0 Å². The molecule has 0 spiro atoms. The molecule has 2 N–H and O–H groups in total. The molecule has 0 unspecified atom stereocenters. The first kappa shape index (κ1) is 15.9. The highest BCUT2D eigenvalue weighted by Gasteiger charge is 2.13. The molecule has 0 saturated carbocycles. The second kappa shape index (κ2) is 6.95. The van der Waals surface area contributed by atoms with Crippen LogP contribution in [0.2, 0.25) is 0 Å². The standard InChI is InChI=1S/C15H13BrF3NO/c16-13-1-2-14(18)12(15(13)19)8-21-11-6-9(3-4-20)5-10(17)7-11/h1-2,5-7H,3-4,8,20H2. The van der Waals surface area contributed by atoms with Gasteiger partial charge in [-0.15, -0.1) is 0 Å². The molecular weight excluding hydrogens is 347 g/mol. The average molecular weight is 360 g/mol. The van der Waals surface area contributed by atoms with Crippen molar-refractivity contribution < 1.29 is 17.9 Å². The molecule has 0 atom stereocenters. The molecule has 112 valence electrons. The molecule has 0 aliphatic rings. The van der Waals surface area contributed by atoms with E-state index in [0.29, 0.717) is 18.5 Å². The molecule has 0 radical (unpaired) electrons. The summed E-state index contributed by atoms with van der Waals surface area (Å²) in [6.45, 7) is 0.0421. The van der Waals surface area contributed by atoms with Gasteiger partial charge in [0.2, 0.25) is 0 Å². The van der Waals surface area contributed by atoms with Crippen LogP contribution in [0, 0.1) is 17.5 Å². The first-order valence-electron chi connectivity index (χ1n) is 6.26. The predicted molar refractivity (Wildman–Crippen MR) is 77.5 cm³/mol. The van der Waals surface area contributed by atoms with E-state index in [1.807, 2.05) is 0 Å². The summed E-state index contributed by atoms with van der Waals surface area (Å²) in [4.78, 5) is 0. The Bertz CT molecular complexity index is 649. The summed E-state index contributed by atoms with van der Waals surface area (Å²) in [5.41, 5.74) is 5.87. The molecule has 0 bridgehead atoms. The van der Waals surface area contributed by atoms with Gasteiger partial charge in [0, 0.05) is 6.07 Å². The largest absolute Gasteiger partial charge is 0.489 e. The Hall–Kier alpha value is -1.53. The van der Waals surface area contributed by atoms with Gasteiger partial charge in [0.1, 0.15) is 29.8 Å². The molecule has 0 aliphatic heterocycles. The van der Waals surface area contributed by atoms with Gasteiger partial charge in [-0.25, -0.2) is 13.2 Å². The normalized spacial score (nSPS) is 10.7. The first-order valence-corrected chi connectivity index (χ1v) is 7.05. The highest BCUT2D eigenvalue weighted by molar-refractivity contribution is 9.10. The molecule has 0 aromatic heterocycles. The number of benzene rings is 2. The van der Waals surface area contributed by atoms with Crippen LogP contribution < -0.4 is 10.5 Å². The van der Waals surface area contributed by atoms with Crippen molar-refractivity contribution in [2.24, 2.45) is 5.73 Å². The number of hydrogen-bond acceptors (Lipinski definition) is 2. The molecule has 2 aromatic carbocycles. The highest BCUT2D eigenvalue weighted by atomic mass is 79.9. The lowest BCUT2D eigenvalue weighted by atomic mass is 10.1. The van der Waals surface area contributed by atoms with E-state index < -0.39 is 17.5 Å². The molecule has 0 aliphatic carbocycles. The smallest absolute Gasteiger partial charge is 0.146 e. The van der Waals surface area contributed by atoms with Crippen LogP contribution in [0.15, 0.2) is 34.8 Å². The van der Waals surface area contributed by atoms with Gasteiger partial charge in [-0.05, 0) is 58.7 Å². The third-order valence-corrected chi connectivity index (χ3v) is 3.50. The zero-order valence-electron chi connectivity index (χ0n) is 11.0. The Balaban J connectivity index is 2.19. The van der Waals surface area contributed by atoms with E-state index in [4.69, 9.17) is 10.5 Å². The minimum absolute atomic E-state index is 0.144. The fourth-order valence-corrected chi connectivity index (χ4v) is 2.24. The quantitative estimate of drug-likeness (QED) is 0.820. The zero-order valence-corrected chi connectivity index (χ0v) is 12.6. The molecular formula is C15H13BrF3NO. The zero-order chi connectivity index (χ0) is 15.4. The van der Waals surface area contributed by atoms with E-state index in [1.54, 1.807) is 6.07 Å². The van der Waals surface area contributed by atoms with Crippen LogP contribution in [-0.4, -0.2) is 6.54 Å². The van der Waals surface area contributed by atoms with Crippen LogP contribution >= 0.6 is 15.9 Å². The predicted octanol–water partition coefficient (Wildman–Crippen LogP) is 3.95. The van der Waals surface area contributed by atoms with E-state index in [1.165, 1.54) is 12.1 Å². The van der Waals surface area contributed by atoms with Crippen molar-refractivity contribution >= 4 is 15.9 Å². The molecule has 2 nitrogen and oxygen atoms in total. The summed E-state index contributed by atoms with van der Waals surface area (Å²) in [6.07, 6.45) is 0.494. The van der Waals surface area contributed by atoms with E-state index in [-0.39, 0.29) is 22.4 Å². The topological polar surface area (TPSA) is 35.2 Å². The summed E-state index contributed by atoms with van der Waals surface area (Å²) in [6, 6.07) is 6.52. The maximum atomic E-state index is 13.8. The third kappa shape index (κ3) is 3.98. The fraction of sp³-hybridized carbons (Fsp3) is 0.200. The molecule has 0 heterocycles. The summed E-state index contributed by atoms with van der Waals surface area (Å²) < 4.78 is 46.2. The molecule has 2 aromatic rings. The van der Waals surface area contributed by atoms with Crippen molar-refractivity contribution in [3.8, 4) is 5.75 Å². The summed E-state index contributed by atoms with van der Waals surface area (Å²) in [7, 11) is 0. The SMILES string of the molecule is NCCc1cc(F)cc(OCc2c(F)ccc(Br)c2F)c1. The van der Waals surface area contributed by atoms with Crippen LogP contribution in [-0.2, 0) is 13.0 Å². The Labute approximate surface area is 128 Å². The van der Waals surface area contributed by atoms with Gasteiger partial charge in [0.05, 0.1) is 10.0 Å². The van der Waals surface area contributed by atoms with E-state index in [9.17, 15) is 13.2 Å². The summed E-state index contributed by atoms with van der Waals surface area (Å²) >= 11 is 2.98. The number of rotatable bonds is 5. The monoisotopic (exact) mass is 359 g/mol.